The molecule has 1 aromatic heterocycles. The van der Waals surface area contributed by atoms with E-state index >= 15 is 0 Å². The molecule has 8 heteroatoms. The third kappa shape index (κ3) is 4.15. The first-order valence-electron chi connectivity index (χ1n) is 11.2. The van der Waals surface area contributed by atoms with Crippen LogP contribution in [0.25, 0.3) is 10.8 Å². The lowest BCUT2D eigenvalue weighted by Gasteiger charge is -2.44. The molecule has 0 bridgehead atoms. The van der Waals surface area contributed by atoms with Crippen molar-refractivity contribution >= 4 is 16.7 Å². The van der Waals surface area contributed by atoms with Crippen LogP contribution >= 0.6 is 0 Å². The van der Waals surface area contributed by atoms with Crippen LogP contribution in [0.2, 0.25) is 0 Å². The maximum atomic E-state index is 14.6. The van der Waals surface area contributed by atoms with Crippen LogP contribution in [0, 0.1) is 11.2 Å². The van der Waals surface area contributed by atoms with Crippen LogP contribution in [0.1, 0.15) is 40.9 Å². The van der Waals surface area contributed by atoms with Crippen LogP contribution in [-0.2, 0) is 11.2 Å². The number of hydrogen-bond acceptors (Lipinski definition) is 4. The van der Waals surface area contributed by atoms with Gasteiger partial charge in [0.15, 0.2) is 0 Å². The van der Waals surface area contributed by atoms with Crippen LogP contribution < -0.4 is 5.56 Å². The molecule has 172 valence electrons. The molecule has 1 spiro atoms. The maximum absolute atomic E-state index is 14.6. The second-order valence-electron chi connectivity index (χ2n) is 9.10. The molecule has 1 N–H and O–H groups in total. The molecule has 6 nitrogen and oxygen atoms in total. The summed E-state index contributed by atoms with van der Waals surface area (Å²) in [5, 5.41) is 7.96. The van der Waals surface area contributed by atoms with Crippen molar-refractivity contribution in [2.45, 2.75) is 31.8 Å². The summed E-state index contributed by atoms with van der Waals surface area (Å²) in [5.41, 5.74) is 1.18. The molecule has 5 rings (SSSR count). The molecule has 1 aliphatic heterocycles. The minimum absolute atomic E-state index is 0.00344. The van der Waals surface area contributed by atoms with Gasteiger partial charge in [0.05, 0.1) is 29.4 Å². The van der Waals surface area contributed by atoms with Gasteiger partial charge in [-0.3, -0.25) is 9.59 Å². The number of nitrogens with one attached hydrogen (secondary N) is 1. The number of ether oxygens (including phenoxy) is 1. The molecule has 1 amide bonds. The van der Waals surface area contributed by atoms with Gasteiger partial charge in [-0.1, -0.05) is 24.3 Å². The van der Waals surface area contributed by atoms with Crippen molar-refractivity contribution in [3.8, 4) is 0 Å². The molecule has 0 unspecified atom stereocenters. The first-order valence-corrected chi connectivity index (χ1v) is 11.2. The third-order valence-electron chi connectivity index (χ3n) is 6.89. The van der Waals surface area contributed by atoms with E-state index < -0.39 is 12.5 Å². The van der Waals surface area contributed by atoms with Crippen molar-refractivity contribution in [1.82, 2.24) is 15.1 Å². The van der Waals surface area contributed by atoms with Crippen molar-refractivity contribution in [3.63, 3.8) is 0 Å². The Bertz CT molecular complexity index is 1250. The minimum atomic E-state index is -0.554. The van der Waals surface area contributed by atoms with Gasteiger partial charge in [0.2, 0.25) is 0 Å². The Morgan fingerprint density at radius 2 is 2.00 bits per heavy atom. The van der Waals surface area contributed by atoms with Crippen molar-refractivity contribution in [3.05, 3.63) is 75.5 Å². The smallest absolute Gasteiger partial charge is 0.272 e. The van der Waals surface area contributed by atoms with E-state index in [0.717, 1.165) is 30.2 Å². The maximum Gasteiger partial charge on any atom is 0.272 e. The fourth-order valence-corrected chi connectivity index (χ4v) is 5.19. The normalized spacial score (nSPS) is 22.1. The second kappa shape index (κ2) is 8.67. The van der Waals surface area contributed by atoms with Crippen molar-refractivity contribution in [2.24, 2.45) is 5.41 Å². The van der Waals surface area contributed by atoms with Gasteiger partial charge in [-0.2, -0.15) is 5.10 Å². The van der Waals surface area contributed by atoms with Gasteiger partial charge in [-0.05, 0) is 48.4 Å². The van der Waals surface area contributed by atoms with Gasteiger partial charge in [-0.25, -0.2) is 13.9 Å². The number of amides is 1. The number of aromatic amines is 1. The van der Waals surface area contributed by atoms with Crippen LogP contribution in [0.5, 0.6) is 0 Å². The number of likely N-dealkylation sites (tertiary alicyclic amines) is 1. The molecule has 0 radical (unpaired) electrons. The number of aromatic nitrogens is 2. The molecule has 33 heavy (non-hydrogen) atoms. The number of benzene rings is 2. The van der Waals surface area contributed by atoms with Crippen LogP contribution in [0.4, 0.5) is 8.78 Å². The van der Waals surface area contributed by atoms with E-state index in [1.54, 1.807) is 29.2 Å². The molecule has 3 aromatic rings. The average molecular weight is 453 g/mol. The summed E-state index contributed by atoms with van der Waals surface area (Å²) in [5.74, 6) is -0.875. The molecular weight excluding hydrogens is 428 g/mol. The number of hydrogen-bond donors (Lipinski definition) is 1. The largest absolute Gasteiger partial charge is 0.375 e. The molecular formula is C25H25F2N3O3. The summed E-state index contributed by atoms with van der Waals surface area (Å²) in [7, 11) is 0. The first-order chi connectivity index (χ1) is 16.0. The third-order valence-corrected chi connectivity index (χ3v) is 6.89. The van der Waals surface area contributed by atoms with Gasteiger partial charge in [0.25, 0.3) is 11.5 Å². The number of nitrogens with zero attached hydrogens (tertiary/aromatic N) is 2. The zero-order chi connectivity index (χ0) is 23.0. The average Bonchev–Trinajstić information content (AvgIpc) is 3.25. The van der Waals surface area contributed by atoms with Crippen molar-refractivity contribution in [2.75, 3.05) is 26.4 Å². The number of alkyl halides is 1. The Morgan fingerprint density at radius 3 is 2.79 bits per heavy atom. The summed E-state index contributed by atoms with van der Waals surface area (Å²) < 4.78 is 32.4. The monoisotopic (exact) mass is 453 g/mol. The van der Waals surface area contributed by atoms with E-state index in [4.69, 9.17) is 4.74 Å². The predicted molar refractivity (Wildman–Crippen MR) is 119 cm³/mol. The zero-order valence-electron chi connectivity index (χ0n) is 18.2. The molecule has 0 atom stereocenters. The molecule has 1 aliphatic carbocycles. The topological polar surface area (TPSA) is 75.3 Å². The van der Waals surface area contributed by atoms with E-state index in [0.29, 0.717) is 30.6 Å². The summed E-state index contributed by atoms with van der Waals surface area (Å²) in [6.07, 6.45) is 2.88. The molecule has 2 aliphatic rings. The van der Waals surface area contributed by atoms with E-state index in [1.165, 1.54) is 6.07 Å². The Morgan fingerprint density at radius 1 is 1.21 bits per heavy atom. The number of rotatable bonds is 6. The Hall–Kier alpha value is -3.13. The van der Waals surface area contributed by atoms with Gasteiger partial charge in [0, 0.05) is 24.9 Å². The number of carbonyl (C=O) groups excluding carboxylic acids is 1. The Labute approximate surface area is 189 Å². The lowest BCUT2D eigenvalue weighted by atomic mass is 9.66. The van der Waals surface area contributed by atoms with Crippen LogP contribution in [0.3, 0.4) is 0 Å². The molecule has 2 aromatic carbocycles. The lowest BCUT2D eigenvalue weighted by molar-refractivity contribution is -0.0777. The molecule has 2 heterocycles. The molecule has 2 fully saturated rings. The highest BCUT2D eigenvalue weighted by atomic mass is 19.1. The highest BCUT2D eigenvalue weighted by molar-refractivity contribution is 5.95. The number of carbonyl (C=O) groups is 1. The Balaban J connectivity index is 1.32. The second-order valence-corrected chi connectivity index (χ2v) is 9.10. The Kier molecular flexibility index (Phi) is 5.70. The number of H-pyrrole nitrogens is 1. The SMILES string of the molecule is O=C(c1cc(Cc2n[nH]c(=O)c3ccccc23)ccc1F)N1CCC2(CC(OCCF)C2)C1. The number of fused-ring (bicyclic) bond motifs is 1. The summed E-state index contributed by atoms with van der Waals surface area (Å²) in [4.78, 5) is 26.9. The quantitative estimate of drug-likeness (QED) is 0.619. The van der Waals surface area contributed by atoms with Crippen molar-refractivity contribution < 1.29 is 18.3 Å². The summed E-state index contributed by atoms with van der Waals surface area (Å²) in [6.45, 7) is 0.760. The van der Waals surface area contributed by atoms with E-state index in [2.05, 4.69) is 10.2 Å². The molecule has 1 saturated carbocycles. The van der Waals surface area contributed by atoms with Gasteiger partial charge >= 0.3 is 0 Å². The number of halogens is 2. The summed E-state index contributed by atoms with van der Waals surface area (Å²) in [6, 6.07) is 11.7. The highest BCUT2D eigenvalue weighted by Crippen LogP contribution is 2.49. The van der Waals surface area contributed by atoms with Gasteiger partial charge in [0.1, 0.15) is 12.5 Å². The zero-order valence-corrected chi connectivity index (χ0v) is 18.2. The fraction of sp³-hybridized carbons (Fsp3) is 0.400. The molecule has 1 saturated heterocycles. The van der Waals surface area contributed by atoms with Gasteiger partial charge in [-0.15, -0.1) is 0 Å². The fourth-order valence-electron chi connectivity index (χ4n) is 5.19. The van der Waals surface area contributed by atoms with E-state index in [9.17, 15) is 18.4 Å². The van der Waals surface area contributed by atoms with Crippen LogP contribution in [-0.4, -0.2) is 53.5 Å². The van der Waals surface area contributed by atoms with Crippen molar-refractivity contribution in [1.29, 1.82) is 0 Å². The minimum Gasteiger partial charge on any atom is -0.375 e. The standard InChI is InChI=1S/C25H25F2N3O3/c26-8-10-33-17-13-25(14-17)7-9-30(15-25)24(32)20-11-16(5-6-21(20)27)12-22-18-3-1-2-4-19(18)23(31)29-28-22/h1-6,11,17H,7-10,12-15H2,(H,29,31). The lowest BCUT2D eigenvalue weighted by Crippen LogP contribution is -2.45. The highest BCUT2D eigenvalue weighted by Gasteiger charge is 2.50. The van der Waals surface area contributed by atoms with E-state index in [-0.39, 0.29) is 35.2 Å². The predicted octanol–water partition coefficient (Wildman–Crippen LogP) is 3.63. The van der Waals surface area contributed by atoms with Gasteiger partial charge < -0.3 is 9.64 Å². The van der Waals surface area contributed by atoms with Crippen LogP contribution in [0.15, 0.2) is 47.3 Å². The first kappa shape index (κ1) is 21.7. The summed E-state index contributed by atoms with van der Waals surface area (Å²) >= 11 is 0. The van der Waals surface area contributed by atoms with E-state index in [1.807, 2.05) is 12.1 Å².